The zero-order valence-corrected chi connectivity index (χ0v) is 12.7. The van der Waals surface area contributed by atoms with Crippen molar-refractivity contribution in [2.45, 2.75) is 39.9 Å². The number of aryl methyl sites for hydroxylation is 1. The zero-order chi connectivity index (χ0) is 14.7. The second kappa shape index (κ2) is 6.37. The monoisotopic (exact) mass is 295 g/mol. The van der Waals surface area contributed by atoms with Crippen molar-refractivity contribution in [2.24, 2.45) is 0 Å². The van der Waals surface area contributed by atoms with Crippen LogP contribution in [0.2, 0.25) is 5.02 Å². The Morgan fingerprint density at radius 3 is 2.80 bits per heavy atom. The van der Waals surface area contributed by atoms with Gasteiger partial charge in [-0.05, 0) is 24.6 Å². The summed E-state index contributed by atoms with van der Waals surface area (Å²) in [7, 11) is 0. The minimum absolute atomic E-state index is 0.155. The molecule has 0 spiro atoms. The lowest BCUT2D eigenvalue weighted by Crippen LogP contribution is -2.23. The van der Waals surface area contributed by atoms with Crippen LogP contribution in [0.4, 0.5) is 4.39 Å². The van der Waals surface area contributed by atoms with Gasteiger partial charge in [0.1, 0.15) is 11.6 Å². The Hall–Kier alpha value is -1.39. The SMILES string of the molecule is Cc1ncc(CNC(C)C)n1Cc1ccc(F)c(Cl)c1. The van der Waals surface area contributed by atoms with Gasteiger partial charge in [0.25, 0.3) is 0 Å². The predicted octanol–water partition coefficient (Wildman–Crippen LogP) is 3.53. The molecular formula is C15H19ClFN3. The van der Waals surface area contributed by atoms with Crippen molar-refractivity contribution < 1.29 is 4.39 Å². The molecule has 0 aliphatic carbocycles. The Bertz CT molecular complexity index is 593. The van der Waals surface area contributed by atoms with Crippen LogP contribution in [-0.2, 0) is 13.1 Å². The van der Waals surface area contributed by atoms with Gasteiger partial charge in [-0.1, -0.05) is 31.5 Å². The summed E-state index contributed by atoms with van der Waals surface area (Å²) in [4.78, 5) is 4.35. The van der Waals surface area contributed by atoms with Crippen molar-refractivity contribution in [1.82, 2.24) is 14.9 Å². The van der Waals surface area contributed by atoms with E-state index in [1.807, 2.05) is 13.1 Å². The topological polar surface area (TPSA) is 29.9 Å². The first-order valence-corrected chi connectivity index (χ1v) is 7.03. The van der Waals surface area contributed by atoms with E-state index < -0.39 is 0 Å². The maximum atomic E-state index is 13.2. The smallest absolute Gasteiger partial charge is 0.141 e. The lowest BCUT2D eigenvalue weighted by atomic mass is 10.2. The Labute approximate surface area is 123 Å². The lowest BCUT2D eigenvalue weighted by Gasteiger charge is -2.13. The first-order valence-electron chi connectivity index (χ1n) is 6.65. The normalized spacial score (nSPS) is 11.3. The molecule has 1 N–H and O–H groups in total. The van der Waals surface area contributed by atoms with Gasteiger partial charge in [-0.2, -0.15) is 0 Å². The van der Waals surface area contributed by atoms with Gasteiger partial charge < -0.3 is 9.88 Å². The second-order valence-electron chi connectivity index (χ2n) is 5.17. The lowest BCUT2D eigenvalue weighted by molar-refractivity contribution is 0.561. The first-order chi connectivity index (χ1) is 9.47. The average molecular weight is 296 g/mol. The molecule has 20 heavy (non-hydrogen) atoms. The van der Waals surface area contributed by atoms with Crippen LogP contribution < -0.4 is 5.32 Å². The van der Waals surface area contributed by atoms with E-state index in [9.17, 15) is 4.39 Å². The highest BCUT2D eigenvalue weighted by molar-refractivity contribution is 6.30. The highest BCUT2D eigenvalue weighted by Gasteiger charge is 2.09. The summed E-state index contributed by atoms with van der Waals surface area (Å²) in [6.45, 7) is 7.57. The van der Waals surface area contributed by atoms with Gasteiger partial charge in [-0.25, -0.2) is 9.37 Å². The minimum atomic E-state index is -0.389. The van der Waals surface area contributed by atoms with E-state index in [-0.39, 0.29) is 10.8 Å². The molecule has 3 nitrogen and oxygen atoms in total. The standard InChI is InChI=1S/C15H19ClFN3/c1-10(2)18-7-13-8-19-11(3)20(13)9-12-4-5-15(17)14(16)6-12/h4-6,8,10,18H,7,9H2,1-3H3. The number of nitrogens with one attached hydrogen (secondary N) is 1. The van der Waals surface area contributed by atoms with Crippen molar-refractivity contribution in [3.8, 4) is 0 Å². The highest BCUT2D eigenvalue weighted by Crippen LogP contribution is 2.18. The van der Waals surface area contributed by atoms with Gasteiger partial charge in [0.15, 0.2) is 0 Å². The Balaban J connectivity index is 2.19. The molecule has 5 heteroatoms. The van der Waals surface area contributed by atoms with Crippen LogP contribution in [0, 0.1) is 12.7 Å². The maximum Gasteiger partial charge on any atom is 0.141 e. The fourth-order valence-corrected chi connectivity index (χ4v) is 2.20. The molecule has 2 aromatic rings. The molecule has 0 unspecified atom stereocenters. The molecule has 2 rings (SSSR count). The number of aromatic nitrogens is 2. The summed E-state index contributed by atoms with van der Waals surface area (Å²) < 4.78 is 15.3. The molecule has 0 radical (unpaired) electrons. The van der Waals surface area contributed by atoms with Gasteiger partial charge in [-0.3, -0.25) is 0 Å². The fourth-order valence-electron chi connectivity index (χ4n) is 2.00. The van der Waals surface area contributed by atoms with E-state index in [1.54, 1.807) is 12.1 Å². The summed E-state index contributed by atoms with van der Waals surface area (Å²) in [5.74, 6) is 0.547. The summed E-state index contributed by atoms with van der Waals surface area (Å²) in [5, 5.41) is 3.53. The van der Waals surface area contributed by atoms with Crippen molar-refractivity contribution in [3.63, 3.8) is 0 Å². The van der Waals surface area contributed by atoms with E-state index >= 15 is 0 Å². The third-order valence-electron chi connectivity index (χ3n) is 3.15. The molecule has 0 saturated heterocycles. The molecule has 0 amide bonds. The number of hydrogen-bond acceptors (Lipinski definition) is 2. The van der Waals surface area contributed by atoms with Crippen LogP contribution in [0.1, 0.15) is 30.9 Å². The molecule has 0 saturated carbocycles. The van der Waals surface area contributed by atoms with Crippen molar-refractivity contribution in [1.29, 1.82) is 0 Å². The van der Waals surface area contributed by atoms with Gasteiger partial charge in [0.2, 0.25) is 0 Å². The third kappa shape index (κ3) is 3.58. The van der Waals surface area contributed by atoms with Gasteiger partial charge >= 0.3 is 0 Å². The van der Waals surface area contributed by atoms with Gasteiger partial charge in [0.05, 0.1) is 10.7 Å². The molecule has 0 atom stereocenters. The summed E-state index contributed by atoms with van der Waals surface area (Å²) >= 11 is 5.82. The third-order valence-corrected chi connectivity index (χ3v) is 3.44. The van der Waals surface area contributed by atoms with Crippen molar-refractivity contribution in [2.75, 3.05) is 0 Å². The Kier molecular flexibility index (Phi) is 4.78. The fraction of sp³-hybridized carbons (Fsp3) is 0.400. The van der Waals surface area contributed by atoms with Gasteiger partial charge in [0, 0.05) is 25.3 Å². The minimum Gasteiger partial charge on any atom is -0.327 e. The number of benzene rings is 1. The van der Waals surface area contributed by atoms with E-state index in [0.717, 1.165) is 23.6 Å². The van der Waals surface area contributed by atoms with Crippen LogP contribution in [0.3, 0.4) is 0 Å². The molecule has 1 aromatic heterocycles. The number of nitrogens with zero attached hydrogens (tertiary/aromatic N) is 2. The van der Waals surface area contributed by atoms with E-state index in [1.165, 1.54) is 6.07 Å². The summed E-state index contributed by atoms with van der Waals surface area (Å²) in [6.07, 6.45) is 1.87. The number of hydrogen-bond donors (Lipinski definition) is 1. The average Bonchev–Trinajstić information content (AvgIpc) is 2.73. The van der Waals surface area contributed by atoms with Crippen LogP contribution in [0.15, 0.2) is 24.4 Å². The number of imidazole rings is 1. The first kappa shape index (κ1) is 15.0. The van der Waals surface area contributed by atoms with Crippen LogP contribution in [0.5, 0.6) is 0 Å². The van der Waals surface area contributed by atoms with Crippen LogP contribution >= 0.6 is 11.6 Å². The number of halogens is 2. The summed E-state index contributed by atoms with van der Waals surface area (Å²) in [6, 6.07) is 5.23. The number of rotatable bonds is 5. The maximum absolute atomic E-state index is 13.2. The molecule has 0 aliphatic rings. The van der Waals surface area contributed by atoms with E-state index in [2.05, 4.69) is 28.7 Å². The Morgan fingerprint density at radius 2 is 2.15 bits per heavy atom. The van der Waals surface area contributed by atoms with E-state index in [0.29, 0.717) is 12.6 Å². The molecule has 108 valence electrons. The molecular weight excluding hydrogens is 277 g/mol. The highest BCUT2D eigenvalue weighted by atomic mass is 35.5. The van der Waals surface area contributed by atoms with Gasteiger partial charge in [-0.15, -0.1) is 0 Å². The van der Waals surface area contributed by atoms with Crippen LogP contribution in [-0.4, -0.2) is 15.6 Å². The molecule has 1 aromatic carbocycles. The van der Waals surface area contributed by atoms with Crippen LogP contribution in [0.25, 0.3) is 0 Å². The zero-order valence-electron chi connectivity index (χ0n) is 12.0. The molecule has 1 heterocycles. The Morgan fingerprint density at radius 1 is 1.40 bits per heavy atom. The second-order valence-corrected chi connectivity index (χ2v) is 5.57. The molecule has 0 aliphatic heterocycles. The molecule has 0 bridgehead atoms. The molecule has 0 fully saturated rings. The van der Waals surface area contributed by atoms with E-state index in [4.69, 9.17) is 11.6 Å². The quantitative estimate of drug-likeness (QED) is 0.914. The van der Waals surface area contributed by atoms with Crippen molar-refractivity contribution in [3.05, 3.63) is 52.3 Å². The largest absolute Gasteiger partial charge is 0.327 e. The van der Waals surface area contributed by atoms with Crippen molar-refractivity contribution >= 4 is 11.6 Å². The summed E-state index contributed by atoms with van der Waals surface area (Å²) in [5.41, 5.74) is 2.07. The predicted molar refractivity (Wildman–Crippen MR) is 79.5 cm³/mol.